The van der Waals surface area contributed by atoms with Crippen molar-refractivity contribution < 1.29 is 4.74 Å². The minimum absolute atomic E-state index is 0.117. The van der Waals surface area contributed by atoms with Crippen LogP contribution in [-0.2, 0) is 6.54 Å². The second kappa shape index (κ2) is 9.09. The van der Waals surface area contributed by atoms with Crippen molar-refractivity contribution in [1.29, 1.82) is 0 Å². The first kappa shape index (κ1) is 20.1. The lowest BCUT2D eigenvalue weighted by Gasteiger charge is -2.29. The van der Waals surface area contributed by atoms with E-state index in [1.807, 2.05) is 30.3 Å². The number of likely N-dealkylation sites (tertiary alicyclic amines) is 1. The van der Waals surface area contributed by atoms with Gasteiger partial charge in [0.25, 0.3) is 10.9 Å². The van der Waals surface area contributed by atoms with Crippen molar-refractivity contribution in [3.05, 3.63) is 80.4 Å². The van der Waals surface area contributed by atoms with Crippen molar-refractivity contribution >= 4 is 11.4 Å². The SMILES string of the molecule is COc1ccc([C@@H](CNc2c(NCc3ccccn3)c(=O)c2=O)N2CCCC2)cc1. The molecule has 4 rings (SSSR count). The number of hydrogen-bond acceptors (Lipinski definition) is 7. The molecule has 1 fully saturated rings. The Hall–Kier alpha value is -3.19. The third kappa shape index (κ3) is 4.21. The number of anilines is 2. The number of nitrogens with zero attached hydrogens (tertiary/aromatic N) is 2. The summed E-state index contributed by atoms with van der Waals surface area (Å²) in [5.41, 5.74) is 1.75. The molecule has 7 nitrogen and oxygen atoms in total. The van der Waals surface area contributed by atoms with Gasteiger partial charge in [-0.1, -0.05) is 18.2 Å². The Morgan fingerprint density at radius 1 is 1.00 bits per heavy atom. The Kier molecular flexibility index (Phi) is 6.09. The lowest BCUT2D eigenvalue weighted by molar-refractivity contribution is 0.256. The minimum Gasteiger partial charge on any atom is -0.497 e. The molecule has 0 radical (unpaired) electrons. The lowest BCUT2D eigenvalue weighted by Crippen LogP contribution is -2.39. The highest BCUT2D eigenvalue weighted by molar-refractivity contribution is 5.74. The van der Waals surface area contributed by atoms with E-state index in [9.17, 15) is 9.59 Å². The number of methoxy groups -OCH3 is 1. The van der Waals surface area contributed by atoms with Gasteiger partial charge in [0.2, 0.25) is 0 Å². The first-order valence-electron chi connectivity index (χ1n) is 10.3. The zero-order valence-corrected chi connectivity index (χ0v) is 17.1. The van der Waals surface area contributed by atoms with E-state index in [2.05, 4.69) is 32.7 Å². The molecule has 1 aliphatic heterocycles. The number of benzene rings is 1. The number of aromatic nitrogens is 1. The van der Waals surface area contributed by atoms with Crippen molar-refractivity contribution in [2.75, 3.05) is 37.4 Å². The topological polar surface area (TPSA) is 83.6 Å². The molecule has 0 spiro atoms. The average Bonchev–Trinajstić information content (AvgIpc) is 3.33. The number of rotatable bonds is 9. The van der Waals surface area contributed by atoms with Gasteiger partial charge in [-0.05, 0) is 55.8 Å². The molecule has 156 valence electrons. The van der Waals surface area contributed by atoms with Gasteiger partial charge in [0.15, 0.2) is 0 Å². The van der Waals surface area contributed by atoms with E-state index in [-0.39, 0.29) is 6.04 Å². The molecule has 2 aromatic carbocycles. The van der Waals surface area contributed by atoms with Crippen molar-refractivity contribution in [2.24, 2.45) is 0 Å². The number of ether oxygens (including phenoxy) is 1. The van der Waals surface area contributed by atoms with Crippen LogP contribution < -0.4 is 26.2 Å². The van der Waals surface area contributed by atoms with Gasteiger partial charge in [-0.3, -0.25) is 19.5 Å². The third-order valence-corrected chi connectivity index (χ3v) is 5.64. The summed E-state index contributed by atoms with van der Waals surface area (Å²) in [4.78, 5) is 30.9. The fourth-order valence-electron chi connectivity index (χ4n) is 3.95. The van der Waals surface area contributed by atoms with Crippen LogP contribution in [0.4, 0.5) is 11.4 Å². The fourth-order valence-corrected chi connectivity index (χ4v) is 3.95. The molecule has 0 amide bonds. The highest BCUT2D eigenvalue weighted by Gasteiger charge is 2.26. The van der Waals surface area contributed by atoms with Crippen molar-refractivity contribution in [3.63, 3.8) is 0 Å². The molecular weight excluding hydrogens is 380 g/mol. The van der Waals surface area contributed by atoms with Crippen LogP contribution in [0.15, 0.2) is 58.3 Å². The van der Waals surface area contributed by atoms with E-state index in [1.54, 1.807) is 13.3 Å². The molecule has 1 saturated heterocycles. The molecule has 30 heavy (non-hydrogen) atoms. The van der Waals surface area contributed by atoms with Crippen LogP contribution in [-0.4, -0.2) is 36.6 Å². The monoisotopic (exact) mass is 406 g/mol. The van der Waals surface area contributed by atoms with Gasteiger partial charge >= 0.3 is 0 Å². The van der Waals surface area contributed by atoms with Gasteiger partial charge in [-0.25, -0.2) is 0 Å². The maximum atomic E-state index is 12.2. The summed E-state index contributed by atoms with van der Waals surface area (Å²) < 4.78 is 5.27. The van der Waals surface area contributed by atoms with Gasteiger partial charge in [0.05, 0.1) is 25.4 Å². The first-order valence-corrected chi connectivity index (χ1v) is 10.3. The van der Waals surface area contributed by atoms with Gasteiger partial charge in [-0.15, -0.1) is 0 Å². The Labute approximate surface area is 175 Å². The maximum absolute atomic E-state index is 12.2. The minimum atomic E-state index is -0.476. The van der Waals surface area contributed by atoms with Crippen LogP contribution in [0.3, 0.4) is 0 Å². The standard InChI is InChI=1S/C23H26N4O3/c1-30-18-9-7-16(8-10-18)19(27-12-4-5-13-27)15-26-21-20(22(28)23(21)29)25-14-17-6-2-3-11-24-17/h2-3,6-11,19,25-26H,4-5,12-15H2,1H3/t19-/m1/s1. The quantitative estimate of drug-likeness (QED) is 0.529. The lowest BCUT2D eigenvalue weighted by atomic mass is 10.0. The Morgan fingerprint density at radius 2 is 1.70 bits per heavy atom. The van der Waals surface area contributed by atoms with E-state index in [1.165, 1.54) is 12.8 Å². The molecule has 0 bridgehead atoms. The van der Waals surface area contributed by atoms with Crippen molar-refractivity contribution in [1.82, 2.24) is 9.88 Å². The summed E-state index contributed by atoms with van der Waals surface area (Å²) in [6.45, 7) is 2.99. The summed E-state index contributed by atoms with van der Waals surface area (Å²) in [7, 11) is 1.65. The van der Waals surface area contributed by atoms with Crippen molar-refractivity contribution in [2.45, 2.75) is 25.4 Å². The molecular formula is C23H26N4O3. The van der Waals surface area contributed by atoms with Crippen LogP contribution in [0, 0.1) is 0 Å². The Bertz CT molecular complexity index is 1040. The highest BCUT2D eigenvalue weighted by Crippen LogP contribution is 2.28. The van der Waals surface area contributed by atoms with Crippen LogP contribution in [0.2, 0.25) is 0 Å². The number of hydrogen-bond donors (Lipinski definition) is 2. The van der Waals surface area contributed by atoms with E-state index < -0.39 is 10.9 Å². The van der Waals surface area contributed by atoms with Crippen LogP contribution >= 0.6 is 0 Å². The van der Waals surface area contributed by atoms with E-state index >= 15 is 0 Å². The molecule has 0 saturated carbocycles. The Balaban J connectivity index is 1.47. The molecule has 2 heterocycles. The number of pyridine rings is 1. The summed E-state index contributed by atoms with van der Waals surface area (Å²) in [5.74, 6) is 0.815. The van der Waals surface area contributed by atoms with E-state index in [0.717, 1.165) is 30.1 Å². The average molecular weight is 406 g/mol. The second-order valence-electron chi connectivity index (χ2n) is 7.50. The van der Waals surface area contributed by atoms with Crippen LogP contribution in [0.1, 0.15) is 30.1 Å². The predicted molar refractivity (Wildman–Crippen MR) is 118 cm³/mol. The van der Waals surface area contributed by atoms with E-state index in [0.29, 0.717) is 24.5 Å². The zero-order chi connectivity index (χ0) is 20.9. The molecule has 2 N–H and O–H groups in total. The fraction of sp³-hybridized carbons (Fsp3) is 0.348. The molecule has 7 heteroatoms. The largest absolute Gasteiger partial charge is 0.497 e. The molecule has 3 aromatic rings. The third-order valence-electron chi connectivity index (χ3n) is 5.64. The van der Waals surface area contributed by atoms with Gasteiger partial charge in [0, 0.05) is 12.7 Å². The smallest absolute Gasteiger partial charge is 0.253 e. The summed E-state index contributed by atoms with van der Waals surface area (Å²) >= 11 is 0. The Morgan fingerprint density at radius 3 is 2.33 bits per heavy atom. The highest BCUT2D eigenvalue weighted by atomic mass is 16.5. The first-order chi connectivity index (χ1) is 14.7. The zero-order valence-electron chi connectivity index (χ0n) is 17.1. The second-order valence-corrected chi connectivity index (χ2v) is 7.50. The number of nitrogens with one attached hydrogen (secondary N) is 2. The maximum Gasteiger partial charge on any atom is 0.253 e. The summed E-state index contributed by atoms with van der Waals surface area (Å²) in [6, 6.07) is 13.7. The normalized spacial score (nSPS) is 15.2. The van der Waals surface area contributed by atoms with Gasteiger partial charge < -0.3 is 15.4 Å². The van der Waals surface area contributed by atoms with Gasteiger partial charge in [-0.2, -0.15) is 0 Å². The summed E-state index contributed by atoms with van der Waals surface area (Å²) in [5, 5.41) is 6.31. The predicted octanol–water partition coefficient (Wildman–Crippen LogP) is 2.55. The molecule has 0 unspecified atom stereocenters. The van der Waals surface area contributed by atoms with E-state index in [4.69, 9.17) is 4.74 Å². The van der Waals surface area contributed by atoms with Crippen molar-refractivity contribution in [3.8, 4) is 5.75 Å². The molecule has 1 aromatic heterocycles. The molecule has 1 aliphatic rings. The summed E-state index contributed by atoms with van der Waals surface area (Å²) in [6.07, 6.45) is 4.04. The van der Waals surface area contributed by atoms with Crippen LogP contribution in [0.5, 0.6) is 5.75 Å². The van der Waals surface area contributed by atoms with Crippen LogP contribution in [0.25, 0.3) is 0 Å². The molecule has 1 atom stereocenters. The molecule has 0 aliphatic carbocycles. The van der Waals surface area contributed by atoms with Gasteiger partial charge in [0.1, 0.15) is 17.1 Å².